The number of carbonyl (C=O) groups excluding carboxylic acids is 1. The predicted molar refractivity (Wildman–Crippen MR) is 85.0 cm³/mol. The van der Waals surface area contributed by atoms with Gasteiger partial charge in [-0.1, -0.05) is 25.8 Å². The summed E-state index contributed by atoms with van der Waals surface area (Å²) in [6.45, 7) is 3.33. The number of nitrogens with one attached hydrogen (secondary N) is 1. The number of hydrogen-bond acceptors (Lipinski definition) is 4. The Hall–Kier alpha value is -2.22. The Labute approximate surface area is 132 Å². The maximum atomic E-state index is 11.2. The third-order valence-corrected chi connectivity index (χ3v) is 3.21. The van der Waals surface area contributed by atoms with Gasteiger partial charge in [0.25, 0.3) is 0 Å². The number of amides is 1. The van der Waals surface area contributed by atoms with E-state index < -0.39 is 0 Å². The molecule has 0 heterocycles. The summed E-state index contributed by atoms with van der Waals surface area (Å²) in [5.41, 5.74) is 1.06. The SMILES string of the molecule is CCCCCOc1cc(CCNC(=O)CC#N)ccc1OC. The highest BCUT2D eigenvalue weighted by atomic mass is 16.5. The molecule has 0 aliphatic heterocycles. The van der Waals surface area contributed by atoms with Gasteiger partial charge in [0.15, 0.2) is 11.5 Å². The first kappa shape index (κ1) is 17.8. The number of unbranched alkanes of at least 4 members (excludes halogenated alkanes) is 2. The highest BCUT2D eigenvalue weighted by Crippen LogP contribution is 2.28. The maximum absolute atomic E-state index is 11.2. The van der Waals surface area contributed by atoms with E-state index in [1.54, 1.807) is 7.11 Å². The Balaban J connectivity index is 2.53. The topological polar surface area (TPSA) is 71.3 Å². The molecule has 1 rings (SSSR count). The lowest BCUT2D eigenvalue weighted by molar-refractivity contribution is -0.120. The van der Waals surface area contributed by atoms with Crippen molar-refractivity contribution in [1.82, 2.24) is 5.32 Å². The zero-order valence-corrected chi connectivity index (χ0v) is 13.4. The van der Waals surface area contributed by atoms with Crippen molar-refractivity contribution in [3.05, 3.63) is 23.8 Å². The molecule has 0 bridgehead atoms. The van der Waals surface area contributed by atoms with E-state index in [1.165, 1.54) is 0 Å². The Morgan fingerprint density at radius 2 is 2.14 bits per heavy atom. The molecule has 1 N–H and O–H groups in total. The molecule has 22 heavy (non-hydrogen) atoms. The van der Waals surface area contributed by atoms with Crippen molar-refractivity contribution in [3.8, 4) is 17.6 Å². The molecule has 0 unspecified atom stereocenters. The Kier molecular flexibility index (Phi) is 8.51. The molecule has 0 saturated carbocycles. The number of rotatable bonds is 10. The fourth-order valence-electron chi connectivity index (χ4n) is 2.00. The molecule has 1 aromatic carbocycles. The number of methoxy groups -OCH3 is 1. The van der Waals surface area contributed by atoms with Crippen LogP contribution in [0.4, 0.5) is 0 Å². The molecule has 5 heteroatoms. The van der Waals surface area contributed by atoms with Crippen LogP contribution in [0, 0.1) is 11.3 Å². The van der Waals surface area contributed by atoms with E-state index in [0.29, 0.717) is 25.3 Å². The fraction of sp³-hybridized carbons (Fsp3) is 0.529. The Bertz CT molecular complexity index is 509. The minimum atomic E-state index is -0.243. The summed E-state index contributed by atoms with van der Waals surface area (Å²) in [5.74, 6) is 1.21. The lowest BCUT2D eigenvalue weighted by Gasteiger charge is -2.12. The Morgan fingerprint density at radius 3 is 2.82 bits per heavy atom. The molecule has 0 atom stereocenters. The van der Waals surface area contributed by atoms with Crippen molar-refractivity contribution in [3.63, 3.8) is 0 Å². The molecule has 0 saturated heterocycles. The second kappa shape index (κ2) is 10.5. The molecule has 120 valence electrons. The summed E-state index contributed by atoms with van der Waals surface area (Å²) in [7, 11) is 1.62. The van der Waals surface area contributed by atoms with Crippen LogP contribution in [-0.2, 0) is 11.2 Å². The van der Waals surface area contributed by atoms with Crippen LogP contribution < -0.4 is 14.8 Å². The largest absolute Gasteiger partial charge is 0.493 e. The molecule has 5 nitrogen and oxygen atoms in total. The predicted octanol–water partition coefficient (Wildman–Crippen LogP) is 2.84. The zero-order chi connectivity index (χ0) is 16.2. The highest BCUT2D eigenvalue weighted by Gasteiger charge is 2.06. The number of hydrogen-bond donors (Lipinski definition) is 1. The normalized spacial score (nSPS) is 9.86. The van der Waals surface area contributed by atoms with Crippen LogP contribution in [0.3, 0.4) is 0 Å². The van der Waals surface area contributed by atoms with Gasteiger partial charge in [-0.2, -0.15) is 5.26 Å². The van der Waals surface area contributed by atoms with E-state index in [4.69, 9.17) is 14.7 Å². The van der Waals surface area contributed by atoms with Crippen molar-refractivity contribution < 1.29 is 14.3 Å². The summed E-state index contributed by atoms with van der Waals surface area (Å²) in [5, 5.41) is 11.1. The van der Waals surface area contributed by atoms with E-state index in [1.807, 2.05) is 24.3 Å². The first-order chi connectivity index (χ1) is 10.7. The molecule has 0 aromatic heterocycles. The number of ether oxygens (including phenoxy) is 2. The van der Waals surface area contributed by atoms with Crippen LogP contribution in [-0.4, -0.2) is 26.2 Å². The molecule has 1 aromatic rings. The van der Waals surface area contributed by atoms with E-state index in [0.717, 1.165) is 30.6 Å². The monoisotopic (exact) mass is 304 g/mol. The summed E-state index contributed by atoms with van der Waals surface area (Å²) in [6, 6.07) is 7.60. The lowest BCUT2D eigenvalue weighted by atomic mass is 10.1. The molecule has 0 spiro atoms. The second-order valence-corrected chi connectivity index (χ2v) is 4.98. The van der Waals surface area contributed by atoms with Crippen LogP contribution in [0.15, 0.2) is 18.2 Å². The van der Waals surface area contributed by atoms with Crippen LogP contribution >= 0.6 is 0 Å². The van der Waals surface area contributed by atoms with Gasteiger partial charge in [-0.15, -0.1) is 0 Å². The average molecular weight is 304 g/mol. The third kappa shape index (κ3) is 6.49. The van der Waals surface area contributed by atoms with Gasteiger partial charge in [0.1, 0.15) is 6.42 Å². The molecule has 0 aliphatic rings. The number of benzene rings is 1. The summed E-state index contributed by atoms with van der Waals surface area (Å²) >= 11 is 0. The average Bonchev–Trinajstić information content (AvgIpc) is 2.52. The van der Waals surface area contributed by atoms with Crippen LogP contribution in [0.25, 0.3) is 0 Å². The smallest absolute Gasteiger partial charge is 0.234 e. The van der Waals surface area contributed by atoms with Gasteiger partial charge in [-0.25, -0.2) is 0 Å². The van der Waals surface area contributed by atoms with Crippen molar-refractivity contribution in [1.29, 1.82) is 5.26 Å². The van der Waals surface area contributed by atoms with Gasteiger partial charge < -0.3 is 14.8 Å². The summed E-state index contributed by atoms with van der Waals surface area (Å²) in [6.07, 6.45) is 3.91. The van der Waals surface area contributed by atoms with Crippen LogP contribution in [0.2, 0.25) is 0 Å². The molecule has 1 amide bonds. The van der Waals surface area contributed by atoms with E-state index in [9.17, 15) is 4.79 Å². The zero-order valence-electron chi connectivity index (χ0n) is 13.4. The standard InChI is InChI=1S/C17H24N2O3/c1-3-4-5-12-22-16-13-14(6-7-15(16)21-2)9-11-19-17(20)8-10-18/h6-7,13H,3-5,8-9,11-12H2,1-2H3,(H,19,20). The lowest BCUT2D eigenvalue weighted by Crippen LogP contribution is -2.24. The molecular formula is C17H24N2O3. The third-order valence-electron chi connectivity index (χ3n) is 3.21. The number of carbonyl (C=O) groups is 1. The number of nitrogens with zero attached hydrogens (tertiary/aromatic N) is 1. The fourth-order valence-corrected chi connectivity index (χ4v) is 2.00. The maximum Gasteiger partial charge on any atom is 0.234 e. The van der Waals surface area contributed by atoms with Crippen molar-refractivity contribution in [2.75, 3.05) is 20.3 Å². The van der Waals surface area contributed by atoms with Crippen LogP contribution in [0.5, 0.6) is 11.5 Å². The minimum Gasteiger partial charge on any atom is -0.493 e. The molecular weight excluding hydrogens is 280 g/mol. The van der Waals surface area contributed by atoms with E-state index in [-0.39, 0.29) is 12.3 Å². The van der Waals surface area contributed by atoms with Crippen molar-refractivity contribution >= 4 is 5.91 Å². The summed E-state index contributed by atoms with van der Waals surface area (Å²) in [4.78, 5) is 11.2. The molecule has 0 radical (unpaired) electrons. The molecule has 0 fully saturated rings. The minimum absolute atomic E-state index is 0.103. The van der Waals surface area contributed by atoms with Crippen molar-refractivity contribution in [2.45, 2.75) is 39.0 Å². The van der Waals surface area contributed by atoms with Gasteiger partial charge in [-0.3, -0.25) is 4.79 Å². The quantitative estimate of drug-likeness (QED) is 0.675. The van der Waals surface area contributed by atoms with Gasteiger partial charge in [0, 0.05) is 6.54 Å². The highest BCUT2D eigenvalue weighted by molar-refractivity contribution is 5.77. The first-order valence-electron chi connectivity index (χ1n) is 7.64. The first-order valence-corrected chi connectivity index (χ1v) is 7.64. The van der Waals surface area contributed by atoms with Crippen molar-refractivity contribution in [2.24, 2.45) is 0 Å². The number of nitriles is 1. The van der Waals surface area contributed by atoms with E-state index >= 15 is 0 Å². The summed E-state index contributed by atoms with van der Waals surface area (Å²) < 4.78 is 11.1. The molecule has 0 aliphatic carbocycles. The van der Waals surface area contributed by atoms with E-state index in [2.05, 4.69) is 12.2 Å². The van der Waals surface area contributed by atoms with Gasteiger partial charge in [-0.05, 0) is 30.5 Å². The van der Waals surface area contributed by atoms with Crippen LogP contribution in [0.1, 0.15) is 38.2 Å². The Morgan fingerprint density at radius 1 is 1.32 bits per heavy atom. The van der Waals surface area contributed by atoms with Gasteiger partial charge >= 0.3 is 0 Å². The second-order valence-electron chi connectivity index (χ2n) is 4.98. The van der Waals surface area contributed by atoms with Gasteiger partial charge in [0.2, 0.25) is 5.91 Å². The van der Waals surface area contributed by atoms with Gasteiger partial charge in [0.05, 0.1) is 19.8 Å².